The van der Waals surface area contributed by atoms with Gasteiger partial charge in [-0.2, -0.15) is 0 Å². The van der Waals surface area contributed by atoms with E-state index in [0.717, 1.165) is 30.4 Å². The van der Waals surface area contributed by atoms with Gasteiger partial charge >= 0.3 is 5.97 Å². The van der Waals surface area contributed by atoms with Crippen molar-refractivity contribution in [3.63, 3.8) is 0 Å². The minimum Gasteiger partial charge on any atom is -0.493 e. The SMILES string of the molecule is CCCCCCCC1CCC(CCc2ccc(OC(=O)c3ccc(OCC(C)CC)cc3)cc2)CC1. The monoisotopic (exact) mass is 492 g/mol. The Labute approximate surface area is 220 Å². The molecule has 0 spiro atoms. The number of aryl methyl sites for hydroxylation is 1. The molecule has 1 atom stereocenters. The number of ether oxygens (including phenoxy) is 2. The molecule has 1 fully saturated rings. The van der Waals surface area contributed by atoms with Crippen molar-refractivity contribution in [1.29, 1.82) is 0 Å². The van der Waals surface area contributed by atoms with Gasteiger partial charge in [0.05, 0.1) is 12.2 Å². The number of benzene rings is 2. The Balaban J connectivity index is 1.34. The summed E-state index contributed by atoms with van der Waals surface area (Å²) in [5, 5.41) is 0. The van der Waals surface area contributed by atoms with Crippen LogP contribution < -0.4 is 9.47 Å². The van der Waals surface area contributed by atoms with Crippen molar-refractivity contribution in [1.82, 2.24) is 0 Å². The summed E-state index contributed by atoms with van der Waals surface area (Å²) in [5.74, 6) is 3.41. The minimum atomic E-state index is -0.335. The second-order valence-electron chi connectivity index (χ2n) is 11.0. The number of rotatable bonds is 15. The first-order valence-electron chi connectivity index (χ1n) is 14.6. The van der Waals surface area contributed by atoms with Crippen LogP contribution in [-0.4, -0.2) is 12.6 Å². The molecule has 0 N–H and O–H groups in total. The highest BCUT2D eigenvalue weighted by Gasteiger charge is 2.20. The van der Waals surface area contributed by atoms with Crippen LogP contribution in [0.4, 0.5) is 0 Å². The summed E-state index contributed by atoms with van der Waals surface area (Å²) in [6.07, 6.45) is 17.6. The van der Waals surface area contributed by atoms with E-state index in [1.165, 1.54) is 76.2 Å². The molecule has 3 rings (SSSR count). The second kappa shape index (κ2) is 15.7. The zero-order valence-electron chi connectivity index (χ0n) is 23.0. The average molecular weight is 493 g/mol. The zero-order chi connectivity index (χ0) is 25.6. The van der Waals surface area contributed by atoms with Gasteiger partial charge in [-0.3, -0.25) is 0 Å². The quantitative estimate of drug-likeness (QED) is 0.141. The largest absolute Gasteiger partial charge is 0.493 e. The molecular formula is C33H48O3. The summed E-state index contributed by atoms with van der Waals surface area (Å²) >= 11 is 0. The Kier molecular flexibility index (Phi) is 12.4. The standard InChI is InChI=1S/C33H48O3/c1-4-6-7-8-9-10-27-11-13-28(14-12-27)15-16-29-17-21-32(22-18-29)36-33(34)30-19-23-31(24-20-30)35-25-26(3)5-2/h17-24,26-28H,4-16,25H2,1-3H3. The van der Waals surface area contributed by atoms with Gasteiger partial charge in [0.15, 0.2) is 0 Å². The molecule has 0 bridgehead atoms. The van der Waals surface area contributed by atoms with E-state index >= 15 is 0 Å². The minimum absolute atomic E-state index is 0.335. The van der Waals surface area contributed by atoms with Crippen LogP contribution in [0.5, 0.6) is 11.5 Å². The fraction of sp³-hybridized carbons (Fsp3) is 0.606. The van der Waals surface area contributed by atoms with Crippen molar-refractivity contribution in [2.24, 2.45) is 17.8 Å². The average Bonchev–Trinajstić information content (AvgIpc) is 2.92. The molecule has 3 heteroatoms. The lowest BCUT2D eigenvalue weighted by atomic mass is 9.78. The fourth-order valence-electron chi connectivity index (χ4n) is 5.15. The van der Waals surface area contributed by atoms with Crippen molar-refractivity contribution in [2.45, 2.75) is 104 Å². The topological polar surface area (TPSA) is 35.5 Å². The molecule has 36 heavy (non-hydrogen) atoms. The molecule has 1 unspecified atom stereocenters. The summed E-state index contributed by atoms with van der Waals surface area (Å²) in [7, 11) is 0. The van der Waals surface area contributed by atoms with Crippen LogP contribution in [0.15, 0.2) is 48.5 Å². The van der Waals surface area contributed by atoms with Crippen LogP contribution in [-0.2, 0) is 6.42 Å². The van der Waals surface area contributed by atoms with E-state index < -0.39 is 0 Å². The highest BCUT2D eigenvalue weighted by atomic mass is 16.5. The maximum Gasteiger partial charge on any atom is 0.343 e. The molecule has 1 aliphatic carbocycles. The van der Waals surface area contributed by atoms with Crippen LogP contribution in [0, 0.1) is 17.8 Å². The first-order chi connectivity index (χ1) is 17.6. The molecule has 1 aliphatic rings. The number of carbonyl (C=O) groups excluding carboxylic acids is 1. The highest BCUT2D eigenvalue weighted by Crippen LogP contribution is 2.34. The third-order valence-electron chi connectivity index (χ3n) is 7.98. The van der Waals surface area contributed by atoms with Gasteiger partial charge in [-0.1, -0.05) is 104 Å². The van der Waals surface area contributed by atoms with Crippen molar-refractivity contribution in [2.75, 3.05) is 6.61 Å². The molecule has 0 aromatic heterocycles. The Morgan fingerprint density at radius 3 is 2.06 bits per heavy atom. The van der Waals surface area contributed by atoms with E-state index in [-0.39, 0.29) is 5.97 Å². The molecule has 1 saturated carbocycles. The number of unbranched alkanes of at least 4 members (excludes halogenated alkanes) is 4. The number of hydrogen-bond donors (Lipinski definition) is 0. The molecule has 0 radical (unpaired) electrons. The van der Waals surface area contributed by atoms with Crippen LogP contribution in [0.2, 0.25) is 0 Å². The predicted octanol–water partition coefficient (Wildman–Crippen LogP) is 9.43. The maximum absolute atomic E-state index is 12.5. The summed E-state index contributed by atoms with van der Waals surface area (Å²) < 4.78 is 11.4. The molecule has 2 aromatic carbocycles. The van der Waals surface area contributed by atoms with Gasteiger partial charge in [0.25, 0.3) is 0 Å². The Morgan fingerprint density at radius 1 is 0.806 bits per heavy atom. The van der Waals surface area contributed by atoms with Gasteiger partial charge in [0.2, 0.25) is 0 Å². The van der Waals surface area contributed by atoms with Gasteiger partial charge in [0, 0.05) is 0 Å². The summed E-state index contributed by atoms with van der Waals surface area (Å²) in [6, 6.07) is 15.3. The van der Waals surface area contributed by atoms with Crippen LogP contribution in [0.3, 0.4) is 0 Å². The molecule has 0 heterocycles. The van der Waals surface area contributed by atoms with E-state index in [0.29, 0.717) is 23.8 Å². The Morgan fingerprint density at radius 2 is 1.42 bits per heavy atom. The molecule has 3 nitrogen and oxygen atoms in total. The predicted molar refractivity (Wildman–Crippen MR) is 150 cm³/mol. The molecule has 2 aromatic rings. The first kappa shape index (κ1) is 28.3. The molecule has 0 aliphatic heterocycles. The van der Waals surface area contributed by atoms with Gasteiger partial charge in [-0.15, -0.1) is 0 Å². The summed E-state index contributed by atoms with van der Waals surface area (Å²) in [6.45, 7) is 7.30. The van der Waals surface area contributed by atoms with Gasteiger partial charge in [-0.05, 0) is 72.6 Å². The third kappa shape index (κ3) is 9.99. The normalized spacial score (nSPS) is 18.5. The smallest absolute Gasteiger partial charge is 0.343 e. The molecular weight excluding hydrogens is 444 g/mol. The molecule has 0 amide bonds. The van der Waals surface area contributed by atoms with Crippen LogP contribution in [0.1, 0.15) is 114 Å². The van der Waals surface area contributed by atoms with E-state index in [1.54, 1.807) is 12.1 Å². The number of carbonyl (C=O) groups is 1. The van der Waals surface area contributed by atoms with Gasteiger partial charge in [0.1, 0.15) is 11.5 Å². The molecule has 0 saturated heterocycles. The van der Waals surface area contributed by atoms with Crippen molar-refractivity contribution < 1.29 is 14.3 Å². The van der Waals surface area contributed by atoms with Crippen molar-refractivity contribution in [3.05, 3.63) is 59.7 Å². The lowest BCUT2D eigenvalue weighted by Crippen LogP contribution is -2.15. The lowest BCUT2D eigenvalue weighted by molar-refractivity contribution is 0.0734. The Hall–Kier alpha value is -2.29. The lowest BCUT2D eigenvalue weighted by Gasteiger charge is -2.28. The third-order valence-corrected chi connectivity index (χ3v) is 7.98. The highest BCUT2D eigenvalue weighted by molar-refractivity contribution is 5.91. The maximum atomic E-state index is 12.5. The molecule has 198 valence electrons. The summed E-state index contributed by atoms with van der Waals surface area (Å²) in [5.41, 5.74) is 1.86. The van der Waals surface area contributed by atoms with Crippen LogP contribution >= 0.6 is 0 Å². The van der Waals surface area contributed by atoms with Gasteiger partial charge < -0.3 is 9.47 Å². The van der Waals surface area contributed by atoms with Crippen LogP contribution in [0.25, 0.3) is 0 Å². The Bertz CT molecular complexity index is 863. The van der Waals surface area contributed by atoms with Crippen molar-refractivity contribution >= 4 is 5.97 Å². The van der Waals surface area contributed by atoms with E-state index in [1.807, 2.05) is 24.3 Å². The first-order valence-corrected chi connectivity index (χ1v) is 14.6. The number of esters is 1. The number of hydrogen-bond acceptors (Lipinski definition) is 3. The summed E-state index contributed by atoms with van der Waals surface area (Å²) in [4.78, 5) is 12.5. The second-order valence-corrected chi connectivity index (χ2v) is 11.0. The van der Waals surface area contributed by atoms with Gasteiger partial charge in [-0.25, -0.2) is 4.79 Å². The van der Waals surface area contributed by atoms with E-state index in [4.69, 9.17) is 9.47 Å². The van der Waals surface area contributed by atoms with Crippen molar-refractivity contribution in [3.8, 4) is 11.5 Å². The zero-order valence-corrected chi connectivity index (χ0v) is 23.0. The van der Waals surface area contributed by atoms with E-state index in [9.17, 15) is 4.79 Å². The fourth-order valence-corrected chi connectivity index (χ4v) is 5.15. The van der Waals surface area contributed by atoms with E-state index in [2.05, 4.69) is 32.9 Å².